The average molecular weight is 358 g/mol. The third kappa shape index (κ3) is 1.78. The minimum atomic E-state index is -1.94. The van der Waals surface area contributed by atoms with Crippen LogP contribution in [-0.2, 0) is 10.2 Å². The van der Waals surface area contributed by atoms with Gasteiger partial charge in [0.25, 0.3) is 0 Å². The molecule has 4 rings (SSSR count). The summed E-state index contributed by atoms with van der Waals surface area (Å²) in [5.74, 6) is -1.06. The maximum atomic E-state index is 13.5. The van der Waals surface area contributed by atoms with Gasteiger partial charge in [0.2, 0.25) is 11.3 Å². The molecule has 1 aliphatic carbocycles. The highest BCUT2D eigenvalue weighted by Crippen LogP contribution is 2.62. The van der Waals surface area contributed by atoms with E-state index in [2.05, 4.69) is 28.4 Å². The van der Waals surface area contributed by atoms with Crippen LogP contribution in [0.1, 0.15) is 12.0 Å². The van der Waals surface area contributed by atoms with Gasteiger partial charge in [0.1, 0.15) is 5.41 Å². The van der Waals surface area contributed by atoms with Crippen LogP contribution < -0.4 is 11.1 Å². The molecular formula is C20H18N6O. The fraction of sp³-hybridized carbons (Fsp3) is 0.400. The van der Waals surface area contributed by atoms with Gasteiger partial charge in [0, 0.05) is 24.1 Å². The topological polar surface area (TPSA) is 130 Å². The lowest BCUT2D eigenvalue weighted by atomic mass is 9.46. The highest BCUT2D eigenvalue weighted by molar-refractivity contribution is 6.09. The van der Waals surface area contributed by atoms with Crippen molar-refractivity contribution < 1.29 is 4.79 Å². The van der Waals surface area contributed by atoms with Crippen molar-refractivity contribution in [2.75, 3.05) is 25.5 Å². The van der Waals surface area contributed by atoms with Crippen molar-refractivity contribution in [1.29, 1.82) is 15.8 Å². The lowest BCUT2D eigenvalue weighted by Gasteiger charge is -2.53. The molecule has 0 radical (unpaired) electrons. The summed E-state index contributed by atoms with van der Waals surface area (Å²) in [5, 5.41) is 32.9. The molecule has 0 bridgehead atoms. The lowest BCUT2D eigenvalue weighted by Crippen LogP contribution is -2.64. The van der Waals surface area contributed by atoms with E-state index in [1.54, 1.807) is 24.3 Å². The zero-order valence-corrected chi connectivity index (χ0v) is 14.9. The third-order valence-electron chi connectivity index (χ3n) is 6.44. The molecule has 2 heterocycles. The van der Waals surface area contributed by atoms with Crippen molar-refractivity contribution in [3.8, 4) is 18.2 Å². The van der Waals surface area contributed by atoms with Gasteiger partial charge in [-0.2, -0.15) is 15.8 Å². The van der Waals surface area contributed by atoms with Gasteiger partial charge in [-0.25, -0.2) is 0 Å². The van der Waals surface area contributed by atoms with Gasteiger partial charge in [0.05, 0.1) is 29.5 Å². The number of benzene rings is 1. The summed E-state index contributed by atoms with van der Waals surface area (Å²) < 4.78 is 0. The van der Waals surface area contributed by atoms with Crippen LogP contribution >= 0.6 is 0 Å². The van der Waals surface area contributed by atoms with Gasteiger partial charge in [-0.05, 0) is 31.6 Å². The Labute approximate surface area is 157 Å². The highest BCUT2D eigenvalue weighted by Gasteiger charge is 2.72. The van der Waals surface area contributed by atoms with Crippen LogP contribution in [0.3, 0.4) is 0 Å². The maximum Gasteiger partial charge on any atom is 0.238 e. The van der Waals surface area contributed by atoms with E-state index in [4.69, 9.17) is 5.73 Å². The first-order valence-electron chi connectivity index (χ1n) is 8.80. The second-order valence-corrected chi connectivity index (χ2v) is 7.48. The van der Waals surface area contributed by atoms with Crippen LogP contribution in [0.15, 0.2) is 35.5 Å². The molecule has 0 saturated carbocycles. The molecule has 7 nitrogen and oxygen atoms in total. The number of allylic oxidation sites excluding steroid dienone is 2. The molecule has 3 atom stereocenters. The zero-order chi connectivity index (χ0) is 19.4. The molecule has 134 valence electrons. The van der Waals surface area contributed by atoms with Crippen LogP contribution in [0.25, 0.3) is 0 Å². The molecule has 1 saturated heterocycles. The van der Waals surface area contributed by atoms with Crippen molar-refractivity contribution in [3.63, 3.8) is 0 Å². The number of fused-ring (bicyclic) bond motifs is 4. The normalized spacial score (nSPS) is 31.3. The number of amides is 1. The molecule has 7 heteroatoms. The van der Waals surface area contributed by atoms with Gasteiger partial charge in [-0.3, -0.25) is 4.79 Å². The number of carbonyl (C=O) groups excluding carboxylic acids is 1. The van der Waals surface area contributed by atoms with E-state index in [0.717, 1.165) is 6.54 Å². The predicted octanol–water partition coefficient (Wildman–Crippen LogP) is 1.23. The van der Waals surface area contributed by atoms with Crippen LogP contribution in [0.2, 0.25) is 0 Å². The summed E-state index contributed by atoms with van der Waals surface area (Å²) in [5.41, 5.74) is 4.35. The average Bonchev–Trinajstić information content (AvgIpc) is 2.97. The minimum Gasteiger partial charge on any atom is -0.399 e. The van der Waals surface area contributed by atoms with Crippen molar-refractivity contribution in [3.05, 3.63) is 41.1 Å². The van der Waals surface area contributed by atoms with Crippen LogP contribution in [0.4, 0.5) is 5.69 Å². The van der Waals surface area contributed by atoms with Crippen molar-refractivity contribution in [2.24, 2.45) is 23.0 Å². The van der Waals surface area contributed by atoms with Crippen LogP contribution in [0, 0.1) is 51.2 Å². The van der Waals surface area contributed by atoms with Gasteiger partial charge < -0.3 is 16.0 Å². The largest absolute Gasteiger partial charge is 0.399 e. The molecule has 1 amide bonds. The number of piperidine rings is 1. The number of rotatable bonds is 0. The van der Waals surface area contributed by atoms with Gasteiger partial charge in [-0.15, -0.1) is 0 Å². The Balaban J connectivity index is 2.15. The molecule has 0 aromatic heterocycles. The molecule has 0 unspecified atom stereocenters. The number of nitrogens with one attached hydrogen (secondary N) is 1. The summed E-state index contributed by atoms with van der Waals surface area (Å²) in [7, 11) is 1.94. The molecule has 3 aliphatic rings. The minimum absolute atomic E-state index is 0.0762. The highest BCUT2D eigenvalue weighted by atomic mass is 16.2. The second kappa shape index (κ2) is 5.58. The van der Waals surface area contributed by atoms with E-state index in [1.807, 2.05) is 7.05 Å². The Kier molecular flexibility index (Phi) is 3.53. The number of hydrogen-bond acceptors (Lipinski definition) is 6. The molecule has 27 heavy (non-hydrogen) atoms. The van der Waals surface area contributed by atoms with Crippen molar-refractivity contribution in [2.45, 2.75) is 11.8 Å². The number of anilines is 1. The SMILES string of the molecule is CN1CC[C@@H]2C(C#N)=C(N)C(C#N)(C#N)[C@@]3(C(=O)Nc4ccccc43)[C@@H]2C1. The summed E-state index contributed by atoms with van der Waals surface area (Å²) in [6.07, 6.45) is 0.648. The summed E-state index contributed by atoms with van der Waals surface area (Å²) in [6.45, 7) is 1.25. The first kappa shape index (κ1) is 17.1. The number of para-hydroxylation sites is 1. The van der Waals surface area contributed by atoms with Crippen molar-refractivity contribution in [1.82, 2.24) is 4.90 Å². The van der Waals surface area contributed by atoms with Gasteiger partial charge in [0.15, 0.2) is 0 Å². The summed E-state index contributed by atoms with van der Waals surface area (Å²) >= 11 is 0. The molecule has 3 N–H and O–H groups in total. The smallest absolute Gasteiger partial charge is 0.238 e. The van der Waals surface area contributed by atoms with E-state index >= 15 is 0 Å². The zero-order valence-electron chi connectivity index (χ0n) is 14.9. The molecule has 1 aromatic carbocycles. The Morgan fingerprint density at radius 2 is 1.96 bits per heavy atom. The number of nitrogens with zero attached hydrogens (tertiary/aromatic N) is 4. The standard InChI is InChI=1S/C20H18N6O/c1-26-7-6-12-13(8-21)17(24)19(10-22,11-23)20(15(12)9-26)14-4-2-3-5-16(14)25-18(20)27/h2-5,12,15H,6-7,9,24H2,1H3,(H,25,27)/t12-,15-,20-/m1/s1. The first-order chi connectivity index (χ1) is 13.0. The second-order valence-electron chi connectivity index (χ2n) is 7.48. The van der Waals surface area contributed by atoms with Crippen molar-refractivity contribution >= 4 is 11.6 Å². The quantitative estimate of drug-likeness (QED) is 0.717. The first-order valence-corrected chi connectivity index (χ1v) is 8.80. The van der Waals surface area contributed by atoms with E-state index in [-0.39, 0.29) is 17.2 Å². The van der Waals surface area contributed by atoms with Gasteiger partial charge in [-0.1, -0.05) is 18.2 Å². The van der Waals surface area contributed by atoms with Gasteiger partial charge >= 0.3 is 0 Å². The molecule has 1 spiro atoms. The van der Waals surface area contributed by atoms with E-state index in [9.17, 15) is 20.6 Å². The Hall–Kier alpha value is -3.34. The molecular weight excluding hydrogens is 340 g/mol. The monoisotopic (exact) mass is 358 g/mol. The third-order valence-corrected chi connectivity index (χ3v) is 6.44. The Morgan fingerprint density at radius 1 is 1.26 bits per heavy atom. The van der Waals surface area contributed by atoms with Crippen LogP contribution in [-0.4, -0.2) is 30.9 Å². The number of nitrogens with two attached hydrogens (primary N) is 1. The maximum absolute atomic E-state index is 13.5. The summed E-state index contributed by atoms with van der Waals surface area (Å²) in [6, 6.07) is 13.4. The van der Waals surface area contributed by atoms with E-state index in [1.165, 1.54) is 0 Å². The van der Waals surface area contributed by atoms with E-state index in [0.29, 0.717) is 24.2 Å². The lowest BCUT2D eigenvalue weighted by molar-refractivity contribution is -0.128. The fourth-order valence-electron chi connectivity index (χ4n) is 5.28. The predicted molar refractivity (Wildman–Crippen MR) is 96.3 cm³/mol. The Morgan fingerprint density at radius 3 is 2.63 bits per heavy atom. The summed E-state index contributed by atoms with van der Waals surface area (Å²) in [4.78, 5) is 15.5. The molecule has 1 fully saturated rings. The molecule has 2 aliphatic heterocycles. The van der Waals surface area contributed by atoms with Crippen LogP contribution in [0.5, 0.6) is 0 Å². The van der Waals surface area contributed by atoms with E-state index < -0.39 is 22.7 Å². The number of carbonyl (C=O) groups is 1. The number of likely N-dealkylation sites (tertiary alicyclic amines) is 1. The number of nitriles is 3. The Bertz CT molecular complexity index is 993. The molecule has 1 aromatic rings. The number of hydrogen-bond donors (Lipinski definition) is 2. The fourth-order valence-corrected chi connectivity index (χ4v) is 5.28.